The van der Waals surface area contributed by atoms with Gasteiger partial charge in [0.15, 0.2) is 5.82 Å². The molecule has 2 aromatic carbocycles. The predicted molar refractivity (Wildman–Crippen MR) is 151 cm³/mol. The molecule has 0 bridgehead atoms. The number of nitro benzene ring substituents is 1. The normalized spacial score (nSPS) is 15.2. The number of anilines is 3. The Labute approximate surface area is 227 Å². The highest BCUT2D eigenvalue weighted by Gasteiger charge is 2.20. The van der Waals surface area contributed by atoms with Crippen LogP contribution in [0, 0.1) is 17.0 Å². The van der Waals surface area contributed by atoms with Crippen molar-refractivity contribution >= 4 is 29.5 Å². The first-order valence-electron chi connectivity index (χ1n) is 13.3. The smallest absolute Gasteiger partial charge is 0.270 e. The number of hydrogen-bond donors (Lipinski definition) is 1. The largest absolute Gasteiger partial charge is 0.490 e. The van der Waals surface area contributed by atoms with E-state index in [1.54, 1.807) is 6.07 Å². The number of hydrazone groups is 1. The number of aromatic nitrogens is 2. The van der Waals surface area contributed by atoms with Gasteiger partial charge in [-0.15, -0.1) is 0 Å². The maximum absolute atomic E-state index is 11.4. The number of benzene rings is 2. The van der Waals surface area contributed by atoms with E-state index in [9.17, 15) is 10.1 Å². The van der Waals surface area contributed by atoms with Gasteiger partial charge in [-0.1, -0.05) is 18.2 Å². The molecule has 0 spiro atoms. The molecular formula is C28H33N7O4. The van der Waals surface area contributed by atoms with Crippen LogP contribution in [0.25, 0.3) is 0 Å². The molecule has 0 saturated carbocycles. The molecule has 0 atom stereocenters. The molecule has 11 nitrogen and oxygen atoms in total. The second-order valence-electron chi connectivity index (χ2n) is 9.61. The maximum atomic E-state index is 11.4. The highest BCUT2D eigenvalue weighted by atomic mass is 16.6. The first-order valence-corrected chi connectivity index (χ1v) is 13.3. The number of hydrogen-bond acceptors (Lipinski definition) is 10. The van der Waals surface area contributed by atoms with E-state index in [1.807, 2.05) is 37.3 Å². The van der Waals surface area contributed by atoms with Gasteiger partial charge in [0.25, 0.3) is 5.69 Å². The zero-order chi connectivity index (χ0) is 27.0. The van der Waals surface area contributed by atoms with Crippen LogP contribution >= 0.6 is 0 Å². The van der Waals surface area contributed by atoms with Crippen molar-refractivity contribution < 1.29 is 14.4 Å². The minimum Gasteiger partial charge on any atom is -0.490 e. The average Bonchev–Trinajstić information content (AvgIpc) is 3.68. The van der Waals surface area contributed by atoms with E-state index in [2.05, 4.69) is 20.3 Å². The predicted octanol–water partition coefficient (Wildman–Crippen LogP) is 4.80. The number of non-ortho nitro benzene ring substituents is 1. The lowest BCUT2D eigenvalue weighted by Crippen LogP contribution is -2.24. The fourth-order valence-electron chi connectivity index (χ4n) is 4.72. The van der Waals surface area contributed by atoms with Gasteiger partial charge in [0.05, 0.1) is 11.1 Å². The third-order valence-corrected chi connectivity index (χ3v) is 6.80. The SMILES string of the molecule is Cc1ccccc1OCCOc1ccc([N+](=O)[O-])cc1/C=N/Nc1cc(N2CCCC2)nc(N2CCCC2)n1. The van der Waals surface area contributed by atoms with Crippen LogP contribution in [0.15, 0.2) is 53.6 Å². The van der Waals surface area contributed by atoms with E-state index in [0.717, 1.165) is 69.0 Å². The zero-order valence-corrected chi connectivity index (χ0v) is 22.1. The third kappa shape index (κ3) is 6.73. The van der Waals surface area contributed by atoms with Gasteiger partial charge in [-0.25, -0.2) is 0 Å². The molecule has 1 N–H and O–H groups in total. The summed E-state index contributed by atoms with van der Waals surface area (Å²) in [7, 11) is 0. The Bertz CT molecular complexity index is 1290. The second-order valence-corrected chi connectivity index (χ2v) is 9.61. The third-order valence-electron chi connectivity index (χ3n) is 6.80. The summed E-state index contributed by atoms with van der Waals surface area (Å²) in [6.45, 7) is 6.40. The number of aryl methyl sites for hydroxylation is 1. The Hall–Kier alpha value is -4.41. The van der Waals surface area contributed by atoms with Gasteiger partial charge < -0.3 is 19.3 Å². The Morgan fingerprint density at radius 1 is 0.949 bits per heavy atom. The molecule has 2 aliphatic heterocycles. The fraction of sp³-hybridized carbons (Fsp3) is 0.393. The molecule has 3 aromatic rings. The summed E-state index contributed by atoms with van der Waals surface area (Å²) >= 11 is 0. The Balaban J connectivity index is 1.30. The van der Waals surface area contributed by atoms with Crippen LogP contribution in [-0.4, -0.2) is 60.5 Å². The van der Waals surface area contributed by atoms with Gasteiger partial charge in [0.1, 0.15) is 30.5 Å². The van der Waals surface area contributed by atoms with E-state index >= 15 is 0 Å². The Morgan fingerprint density at radius 3 is 2.36 bits per heavy atom. The molecule has 2 saturated heterocycles. The van der Waals surface area contributed by atoms with Crippen LogP contribution in [0.2, 0.25) is 0 Å². The quantitative estimate of drug-likeness (QED) is 0.161. The Morgan fingerprint density at radius 2 is 1.64 bits per heavy atom. The fourth-order valence-corrected chi connectivity index (χ4v) is 4.72. The van der Waals surface area contributed by atoms with Crippen molar-refractivity contribution in [2.75, 3.05) is 54.6 Å². The first kappa shape index (κ1) is 26.2. The van der Waals surface area contributed by atoms with Crippen molar-refractivity contribution in [1.29, 1.82) is 0 Å². The van der Waals surface area contributed by atoms with Gasteiger partial charge in [0.2, 0.25) is 5.95 Å². The first-order chi connectivity index (χ1) is 19.1. The van der Waals surface area contributed by atoms with Crippen LogP contribution < -0.4 is 24.7 Å². The minimum atomic E-state index is -0.440. The molecule has 0 amide bonds. The van der Waals surface area contributed by atoms with Crippen molar-refractivity contribution in [1.82, 2.24) is 9.97 Å². The van der Waals surface area contributed by atoms with E-state index in [-0.39, 0.29) is 12.3 Å². The molecule has 3 heterocycles. The van der Waals surface area contributed by atoms with Gasteiger partial charge in [-0.05, 0) is 50.3 Å². The summed E-state index contributed by atoms with van der Waals surface area (Å²) in [6.07, 6.45) is 6.07. The summed E-state index contributed by atoms with van der Waals surface area (Å²) in [5.74, 6) is 3.42. The van der Waals surface area contributed by atoms with Crippen LogP contribution in [0.3, 0.4) is 0 Å². The molecule has 5 rings (SSSR count). The number of nitrogens with zero attached hydrogens (tertiary/aromatic N) is 6. The van der Waals surface area contributed by atoms with E-state index < -0.39 is 4.92 Å². The van der Waals surface area contributed by atoms with Crippen molar-refractivity contribution in [3.63, 3.8) is 0 Å². The van der Waals surface area contributed by atoms with E-state index in [0.29, 0.717) is 29.7 Å². The number of rotatable bonds is 11. The van der Waals surface area contributed by atoms with Gasteiger partial charge in [-0.2, -0.15) is 15.1 Å². The lowest BCUT2D eigenvalue weighted by atomic mass is 10.2. The average molecular weight is 532 g/mol. The summed E-state index contributed by atoms with van der Waals surface area (Å²) in [4.78, 5) is 24.9. The van der Waals surface area contributed by atoms with Crippen LogP contribution in [-0.2, 0) is 0 Å². The molecule has 39 heavy (non-hydrogen) atoms. The van der Waals surface area contributed by atoms with Gasteiger partial charge >= 0.3 is 0 Å². The molecule has 2 aliphatic rings. The second kappa shape index (κ2) is 12.4. The minimum absolute atomic E-state index is 0.0466. The summed E-state index contributed by atoms with van der Waals surface area (Å²) < 4.78 is 11.7. The molecule has 11 heteroatoms. The molecule has 0 unspecified atom stereocenters. The van der Waals surface area contributed by atoms with E-state index in [4.69, 9.17) is 19.4 Å². The number of nitrogens with one attached hydrogen (secondary N) is 1. The van der Waals surface area contributed by atoms with Crippen molar-refractivity contribution in [3.05, 3.63) is 69.8 Å². The zero-order valence-electron chi connectivity index (χ0n) is 22.1. The highest BCUT2D eigenvalue weighted by molar-refractivity contribution is 5.85. The highest BCUT2D eigenvalue weighted by Crippen LogP contribution is 2.26. The van der Waals surface area contributed by atoms with E-state index in [1.165, 1.54) is 18.3 Å². The molecule has 2 fully saturated rings. The standard InChI is InChI=1S/C28H33N7O4/c1-21-8-2-3-9-24(21)38-16-17-39-25-11-10-23(35(36)37)18-22(25)20-29-32-26-19-27(33-12-4-5-13-33)31-28(30-26)34-14-6-7-15-34/h2-3,8-11,18-20H,4-7,12-17H2,1H3,(H,30,31,32)/b29-20+. The van der Waals surface area contributed by atoms with Crippen LogP contribution in [0.5, 0.6) is 11.5 Å². The van der Waals surface area contributed by atoms with Crippen molar-refractivity contribution in [2.45, 2.75) is 32.6 Å². The Kier molecular flexibility index (Phi) is 8.35. The summed E-state index contributed by atoms with van der Waals surface area (Å²) in [6, 6.07) is 14.1. The number of nitro groups is 1. The maximum Gasteiger partial charge on any atom is 0.270 e. The lowest BCUT2D eigenvalue weighted by Gasteiger charge is -2.21. The summed E-state index contributed by atoms with van der Waals surface area (Å²) in [5, 5.41) is 15.8. The van der Waals surface area contributed by atoms with Gasteiger partial charge in [0, 0.05) is 49.9 Å². The number of ether oxygens (including phenoxy) is 2. The van der Waals surface area contributed by atoms with Crippen LogP contribution in [0.4, 0.5) is 23.3 Å². The monoisotopic (exact) mass is 531 g/mol. The van der Waals surface area contributed by atoms with Crippen molar-refractivity contribution in [2.24, 2.45) is 5.10 Å². The molecular weight excluding hydrogens is 498 g/mol. The molecule has 204 valence electrons. The van der Waals surface area contributed by atoms with Crippen molar-refractivity contribution in [3.8, 4) is 11.5 Å². The topological polar surface area (TPSA) is 118 Å². The van der Waals surface area contributed by atoms with Gasteiger partial charge in [-0.3, -0.25) is 15.5 Å². The molecule has 1 aromatic heterocycles. The summed E-state index contributed by atoms with van der Waals surface area (Å²) in [5.41, 5.74) is 4.47. The molecule has 0 aliphatic carbocycles. The molecule has 0 radical (unpaired) electrons. The number of para-hydroxylation sites is 1. The van der Waals surface area contributed by atoms with Crippen LogP contribution in [0.1, 0.15) is 36.8 Å². The lowest BCUT2D eigenvalue weighted by molar-refractivity contribution is -0.384.